The summed E-state index contributed by atoms with van der Waals surface area (Å²) in [6.07, 6.45) is 12.7. The maximum absolute atomic E-state index is 6.20. The number of nitrogens with two attached hydrogens (primary N) is 2. The smallest absolute Gasteiger partial charge is 0.00414 e. The first-order valence-electron chi connectivity index (χ1n) is 7.23. The molecule has 0 aliphatic heterocycles. The van der Waals surface area contributed by atoms with Gasteiger partial charge >= 0.3 is 0 Å². The fourth-order valence-corrected chi connectivity index (χ4v) is 2.92. The van der Waals surface area contributed by atoms with E-state index in [1.807, 2.05) is 0 Å². The predicted octanol–water partition coefficient (Wildman–Crippen LogP) is 3.19. The molecule has 0 aromatic heterocycles. The third-order valence-corrected chi connectivity index (χ3v) is 3.93. The van der Waals surface area contributed by atoms with Crippen LogP contribution in [-0.2, 0) is 0 Å². The lowest BCUT2D eigenvalue weighted by atomic mass is 9.89. The lowest BCUT2D eigenvalue weighted by Crippen LogP contribution is -2.25. The average molecular weight is 226 g/mol. The first-order chi connectivity index (χ1) is 7.72. The van der Waals surface area contributed by atoms with Gasteiger partial charge in [0.2, 0.25) is 0 Å². The molecule has 0 aromatic carbocycles. The van der Waals surface area contributed by atoms with Gasteiger partial charge in [-0.1, -0.05) is 39.0 Å². The first kappa shape index (κ1) is 14.0. The standard InChI is InChI=1S/C14H30N2/c1-2-6-12-9-10-13(15)7-4-3-5-8-14(16)11-12/h12-14H,2-11,15-16H2,1H3. The highest BCUT2D eigenvalue weighted by atomic mass is 14.6. The molecule has 0 bridgehead atoms. The van der Waals surface area contributed by atoms with Crippen molar-refractivity contribution in [3.63, 3.8) is 0 Å². The Morgan fingerprint density at radius 1 is 0.875 bits per heavy atom. The summed E-state index contributed by atoms with van der Waals surface area (Å²) in [5.74, 6) is 0.823. The zero-order valence-corrected chi connectivity index (χ0v) is 11.0. The van der Waals surface area contributed by atoms with Crippen LogP contribution < -0.4 is 11.5 Å². The SMILES string of the molecule is CCCC1CCC(N)CCCCCC(N)C1. The highest BCUT2D eigenvalue weighted by molar-refractivity contribution is 4.73. The van der Waals surface area contributed by atoms with E-state index in [2.05, 4.69) is 6.92 Å². The zero-order chi connectivity index (χ0) is 11.8. The second-order valence-corrected chi connectivity index (χ2v) is 5.63. The van der Waals surface area contributed by atoms with Crippen LogP contribution in [0.3, 0.4) is 0 Å². The summed E-state index contributed by atoms with van der Waals surface area (Å²) < 4.78 is 0. The maximum atomic E-state index is 6.20. The van der Waals surface area contributed by atoms with Crippen LogP contribution in [0.4, 0.5) is 0 Å². The lowest BCUT2D eigenvalue weighted by molar-refractivity contribution is 0.351. The average Bonchev–Trinajstić information content (AvgIpc) is 2.27. The van der Waals surface area contributed by atoms with Crippen molar-refractivity contribution in [2.45, 2.75) is 83.2 Å². The van der Waals surface area contributed by atoms with Gasteiger partial charge in [-0.25, -0.2) is 0 Å². The van der Waals surface area contributed by atoms with Gasteiger partial charge < -0.3 is 11.5 Å². The molecule has 2 nitrogen and oxygen atoms in total. The maximum Gasteiger partial charge on any atom is 0.00414 e. The van der Waals surface area contributed by atoms with Crippen LogP contribution >= 0.6 is 0 Å². The zero-order valence-electron chi connectivity index (χ0n) is 11.0. The summed E-state index contributed by atoms with van der Waals surface area (Å²) in [7, 11) is 0. The Hall–Kier alpha value is -0.0800. The van der Waals surface area contributed by atoms with E-state index in [-0.39, 0.29) is 0 Å². The van der Waals surface area contributed by atoms with Gasteiger partial charge in [-0.05, 0) is 38.0 Å². The van der Waals surface area contributed by atoms with Gasteiger partial charge in [-0.3, -0.25) is 0 Å². The molecule has 96 valence electrons. The third-order valence-electron chi connectivity index (χ3n) is 3.93. The van der Waals surface area contributed by atoms with Crippen LogP contribution in [0, 0.1) is 5.92 Å². The van der Waals surface area contributed by atoms with E-state index in [9.17, 15) is 0 Å². The fraction of sp³-hybridized carbons (Fsp3) is 1.00. The van der Waals surface area contributed by atoms with Crippen LogP contribution in [0.5, 0.6) is 0 Å². The van der Waals surface area contributed by atoms with Crippen LogP contribution in [0.15, 0.2) is 0 Å². The van der Waals surface area contributed by atoms with E-state index in [1.165, 1.54) is 64.2 Å². The van der Waals surface area contributed by atoms with E-state index >= 15 is 0 Å². The highest BCUT2D eigenvalue weighted by Gasteiger charge is 2.15. The summed E-state index contributed by atoms with van der Waals surface area (Å²) in [5, 5.41) is 0. The fourth-order valence-electron chi connectivity index (χ4n) is 2.92. The Kier molecular flexibility index (Phi) is 7.06. The third kappa shape index (κ3) is 5.86. The van der Waals surface area contributed by atoms with Gasteiger partial charge in [-0.15, -0.1) is 0 Å². The molecule has 0 saturated heterocycles. The Balaban J connectivity index is 2.42. The van der Waals surface area contributed by atoms with Gasteiger partial charge in [0.1, 0.15) is 0 Å². The van der Waals surface area contributed by atoms with Crippen LogP contribution in [0.1, 0.15) is 71.1 Å². The quantitative estimate of drug-likeness (QED) is 0.759. The molecule has 1 fully saturated rings. The van der Waals surface area contributed by atoms with Crippen LogP contribution in [-0.4, -0.2) is 12.1 Å². The number of hydrogen-bond donors (Lipinski definition) is 2. The van der Waals surface area contributed by atoms with E-state index < -0.39 is 0 Å². The van der Waals surface area contributed by atoms with Gasteiger partial charge in [0.25, 0.3) is 0 Å². The van der Waals surface area contributed by atoms with Gasteiger partial charge in [0, 0.05) is 12.1 Å². The molecule has 0 aromatic rings. The van der Waals surface area contributed by atoms with Crippen molar-refractivity contribution in [1.29, 1.82) is 0 Å². The molecule has 2 heteroatoms. The molecule has 4 N–H and O–H groups in total. The van der Waals surface area contributed by atoms with Crippen LogP contribution in [0.2, 0.25) is 0 Å². The number of rotatable bonds is 2. The van der Waals surface area contributed by atoms with Crippen molar-refractivity contribution >= 4 is 0 Å². The first-order valence-corrected chi connectivity index (χ1v) is 7.23. The molecule has 0 spiro atoms. The van der Waals surface area contributed by atoms with Crippen molar-refractivity contribution in [2.24, 2.45) is 17.4 Å². The van der Waals surface area contributed by atoms with Gasteiger partial charge in [-0.2, -0.15) is 0 Å². The van der Waals surface area contributed by atoms with E-state index in [4.69, 9.17) is 11.5 Å². The van der Waals surface area contributed by atoms with Gasteiger partial charge in [0.05, 0.1) is 0 Å². The minimum Gasteiger partial charge on any atom is -0.328 e. The van der Waals surface area contributed by atoms with Crippen LogP contribution in [0.25, 0.3) is 0 Å². The van der Waals surface area contributed by atoms with Crippen molar-refractivity contribution in [1.82, 2.24) is 0 Å². The van der Waals surface area contributed by atoms with Gasteiger partial charge in [0.15, 0.2) is 0 Å². The Morgan fingerprint density at radius 2 is 1.56 bits per heavy atom. The second kappa shape index (κ2) is 8.08. The summed E-state index contributed by atoms with van der Waals surface area (Å²) in [4.78, 5) is 0. The molecule has 16 heavy (non-hydrogen) atoms. The van der Waals surface area contributed by atoms with E-state index in [0.717, 1.165) is 5.92 Å². The van der Waals surface area contributed by atoms with E-state index in [1.54, 1.807) is 0 Å². The van der Waals surface area contributed by atoms with Crippen molar-refractivity contribution in [3.8, 4) is 0 Å². The molecule has 1 aliphatic rings. The predicted molar refractivity (Wildman–Crippen MR) is 71.3 cm³/mol. The van der Waals surface area contributed by atoms with E-state index in [0.29, 0.717) is 12.1 Å². The summed E-state index contributed by atoms with van der Waals surface area (Å²) in [5.41, 5.74) is 12.3. The van der Waals surface area contributed by atoms with Crippen molar-refractivity contribution in [3.05, 3.63) is 0 Å². The molecule has 1 saturated carbocycles. The minimum atomic E-state index is 0.436. The molecule has 0 heterocycles. The Bertz CT molecular complexity index is 170. The number of hydrogen-bond acceptors (Lipinski definition) is 2. The van der Waals surface area contributed by atoms with Crippen molar-refractivity contribution in [2.75, 3.05) is 0 Å². The second-order valence-electron chi connectivity index (χ2n) is 5.63. The topological polar surface area (TPSA) is 52.0 Å². The summed E-state index contributed by atoms with van der Waals surface area (Å²) >= 11 is 0. The summed E-state index contributed by atoms with van der Waals surface area (Å²) in [6.45, 7) is 2.27. The molecular weight excluding hydrogens is 196 g/mol. The lowest BCUT2D eigenvalue weighted by Gasteiger charge is -2.21. The molecule has 0 amide bonds. The minimum absolute atomic E-state index is 0.436. The Labute approximate surface area is 101 Å². The Morgan fingerprint density at radius 3 is 2.25 bits per heavy atom. The largest absolute Gasteiger partial charge is 0.328 e. The molecule has 0 radical (unpaired) electrons. The molecule has 1 rings (SSSR count). The molecule has 3 atom stereocenters. The molecule has 3 unspecified atom stereocenters. The molecular formula is C14H30N2. The molecule has 1 aliphatic carbocycles. The normalized spacial score (nSPS) is 34.3. The highest BCUT2D eigenvalue weighted by Crippen LogP contribution is 2.23. The van der Waals surface area contributed by atoms with Crippen molar-refractivity contribution < 1.29 is 0 Å². The summed E-state index contributed by atoms with van der Waals surface area (Å²) in [6, 6.07) is 0.875. The monoisotopic (exact) mass is 226 g/mol.